The predicted octanol–water partition coefficient (Wildman–Crippen LogP) is 1.67. The highest BCUT2D eigenvalue weighted by Crippen LogP contribution is 2.28. The van der Waals surface area contributed by atoms with Crippen molar-refractivity contribution in [1.82, 2.24) is 9.29 Å². The number of aryl methyl sites for hydroxylation is 1. The average Bonchev–Trinajstić information content (AvgIpc) is 2.71. The summed E-state index contributed by atoms with van der Waals surface area (Å²) in [6, 6.07) is -1.73. The van der Waals surface area contributed by atoms with Crippen molar-refractivity contribution in [3.05, 3.63) is 29.0 Å². The molecule has 0 saturated carbocycles. The third-order valence-corrected chi connectivity index (χ3v) is 5.11. The number of esters is 1. The highest BCUT2D eigenvalue weighted by atomic mass is 79.9. The molecule has 10 heteroatoms. The summed E-state index contributed by atoms with van der Waals surface area (Å²) in [5, 5.41) is 0. The van der Waals surface area contributed by atoms with Crippen LogP contribution in [0, 0.1) is 0 Å². The van der Waals surface area contributed by atoms with E-state index in [1.54, 1.807) is 4.72 Å². The van der Waals surface area contributed by atoms with Gasteiger partial charge in [0.2, 0.25) is 10.0 Å². The molecule has 0 fully saturated rings. The fourth-order valence-corrected chi connectivity index (χ4v) is 4.03. The van der Waals surface area contributed by atoms with E-state index in [1.165, 1.54) is 11.6 Å². The van der Waals surface area contributed by atoms with Gasteiger partial charge in [-0.2, -0.15) is 4.72 Å². The van der Waals surface area contributed by atoms with Crippen molar-refractivity contribution in [3.8, 4) is 0 Å². The van der Waals surface area contributed by atoms with Crippen molar-refractivity contribution < 1.29 is 26.7 Å². The van der Waals surface area contributed by atoms with E-state index in [1.807, 2.05) is 0 Å². The van der Waals surface area contributed by atoms with Gasteiger partial charge >= 0.3 is 5.97 Å². The summed E-state index contributed by atoms with van der Waals surface area (Å²) in [6.07, 6.45) is -1.04. The number of nitrogens with one attached hydrogen (secondary N) is 1. The van der Waals surface area contributed by atoms with E-state index < -0.39 is 28.5 Å². The Morgan fingerprint density at radius 1 is 1.57 bits per heavy atom. The Morgan fingerprint density at radius 2 is 2.14 bits per heavy atom. The van der Waals surface area contributed by atoms with Crippen molar-refractivity contribution in [2.24, 2.45) is 7.05 Å². The lowest BCUT2D eigenvalue weighted by atomic mass is 10.3. The monoisotopic (exact) mass is 386 g/mol. The number of hydrogen-bond donors (Lipinski definition) is 1. The van der Waals surface area contributed by atoms with Crippen molar-refractivity contribution >= 4 is 31.9 Å². The van der Waals surface area contributed by atoms with Crippen LogP contribution in [0.25, 0.3) is 0 Å². The Balaban J connectivity index is 3.28. The summed E-state index contributed by atoms with van der Waals surface area (Å²) in [5.74, 6) is -0.764. The Kier molecular flexibility index (Phi) is 5.65. The summed E-state index contributed by atoms with van der Waals surface area (Å²) in [5.41, 5.74) is -0.0509. The molecule has 21 heavy (non-hydrogen) atoms. The second-order valence-electron chi connectivity index (χ2n) is 3.98. The first-order valence-electron chi connectivity index (χ1n) is 5.51. The maximum atomic E-state index is 12.6. The zero-order valence-corrected chi connectivity index (χ0v) is 13.5. The maximum Gasteiger partial charge on any atom is 0.355 e. The number of halogens is 3. The molecule has 1 aromatic rings. The first-order chi connectivity index (χ1) is 9.65. The molecule has 1 rings (SSSR count). The van der Waals surface area contributed by atoms with Crippen LogP contribution in [0.4, 0.5) is 8.78 Å². The first kappa shape index (κ1) is 17.8. The first-order valence-corrected chi connectivity index (χ1v) is 7.79. The number of nitrogens with zero attached hydrogens (tertiary/aromatic N) is 1. The minimum atomic E-state index is -4.27. The van der Waals surface area contributed by atoms with Crippen LogP contribution in [0.2, 0.25) is 0 Å². The average molecular weight is 387 g/mol. The number of ether oxygens (including phenoxy) is 1. The lowest BCUT2D eigenvalue weighted by Crippen LogP contribution is -2.38. The number of methoxy groups -OCH3 is 1. The Hall–Kier alpha value is -1.26. The van der Waals surface area contributed by atoms with Gasteiger partial charge in [-0.15, -0.1) is 6.58 Å². The Bertz CT molecular complexity index is 657. The quantitative estimate of drug-likeness (QED) is 0.595. The van der Waals surface area contributed by atoms with E-state index in [4.69, 9.17) is 0 Å². The molecule has 0 amide bonds. The van der Waals surface area contributed by atoms with Gasteiger partial charge in [-0.05, 0) is 15.9 Å². The number of hydrogen-bond acceptors (Lipinski definition) is 4. The van der Waals surface area contributed by atoms with Crippen LogP contribution in [0.3, 0.4) is 0 Å². The second kappa shape index (κ2) is 6.67. The molecular weight excluding hydrogens is 374 g/mol. The van der Waals surface area contributed by atoms with Gasteiger partial charge in [-0.3, -0.25) is 0 Å². The molecule has 1 atom stereocenters. The summed E-state index contributed by atoms with van der Waals surface area (Å²) in [6.45, 7) is 3.15. The summed E-state index contributed by atoms with van der Waals surface area (Å²) >= 11 is 2.97. The minimum Gasteiger partial charge on any atom is -0.464 e. The summed E-state index contributed by atoms with van der Waals surface area (Å²) < 4.78 is 57.0. The molecule has 1 aromatic heterocycles. The van der Waals surface area contributed by atoms with Gasteiger partial charge in [0.05, 0.1) is 11.6 Å². The van der Waals surface area contributed by atoms with Gasteiger partial charge in [-0.1, -0.05) is 6.08 Å². The van der Waals surface area contributed by atoms with Crippen LogP contribution < -0.4 is 4.72 Å². The van der Waals surface area contributed by atoms with Crippen LogP contribution in [0.5, 0.6) is 0 Å². The zero-order valence-electron chi connectivity index (χ0n) is 11.1. The Labute approximate surface area is 128 Å². The van der Waals surface area contributed by atoms with Crippen molar-refractivity contribution in [1.29, 1.82) is 0 Å². The third kappa shape index (κ3) is 3.69. The fourth-order valence-electron chi connectivity index (χ4n) is 1.53. The number of carbonyl (C=O) groups excluding carboxylic acids is 1. The van der Waals surface area contributed by atoms with Crippen molar-refractivity contribution in [2.75, 3.05) is 7.11 Å². The van der Waals surface area contributed by atoms with Gasteiger partial charge < -0.3 is 9.30 Å². The number of alkyl halides is 2. The lowest BCUT2D eigenvalue weighted by Gasteiger charge is -2.13. The minimum absolute atomic E-state index is 0.0509. The van der Waals surface area contributed by atoms with Crippen LogP contribution >= 0.6 is 15.9 Å². The number of sulfonamides is 1. The van der Waals surface area contributed by atoms with Crippen LogP contribution in [0.1, 0.15) is 10.5 Å². The molecule has 0 aliphatic rings. The number of rotatable bonds is 6. The van der Waals surface area contributed by atoms with Crippen LogP contribution in [-0.4, -0.2) is 38.5 Å². The molecule has 1 heterocycles. The predicted molar refractivity (Wildman–Crippen MR) is 74.8 cm³/mol. The number of aromatic nitrogens is 1. The Morgan fingerprint density at radius 3 is 2.57 bits per heavy atom. The third-order valence-electron chi connectivity index (χ3n) is 2.57. The molecule has 118 valence electrons. The van der Waals surface area contributed by atoms with E-state index in [0.29, 0.717) is 0 Å². The largest absolute Gasteiger partial charge is 0.464 e. The van der Waals surface area contributed by atoms with E-state index in [2.05, 4.69) is 27.2 Å². The molecule has 0 aromatic carbocycles. The smallest absolute Gasteiger partial charge is 0.355 e. The lowest BCUT2D eigenvalue weighted by molar-refractivity contribution is 0.0588. The van der Waals surface area contributed by atoms with Crippen molar-refractivity contribution in [3.63, 3.8) is 0 Å². The molecule has 0 saturated heterocycles. The fraction of sp³-hybridized carbons (Fsp3) is 0.364. The van der Waals surface area contributed by atoms with Gasteiger partial charge in [0, 0.05) is 13.2 Å². The zero-order chi connectivity index (χ0) is 16.4. The van der Waals surface area contributed by atoms with E-state index >= 15 is 0 Å². The van der Waals surface area contributed by atoms with Gasteiger partial charge in [-0.25, -0.2) is 22.0 Å². The molecule has 0 aliphatic carbocycles. The van der Waals surface area contributed by atoms with E-state index in [-0.39, 0.29) is 15.1 Å². The standard InChI is InChI=1S/C11H13BrF2N2O4S/c1-4-6(10(13)14)15-21(18,19)7-5-16(2)9(8(7)12)11(17)20-3/h4-6,10,15H,1H2,2-3H3. The summed E-state index contributed by atoms with van der Waals surface area (Å²) in [4.78, 5) is 11.2. The normalized spacial score (nSPS) is 13.2. The van der Waals surface area contributed by atoms with Gasteiger partial charge in [0.25, 0.3) is 6.43 Å². The highest BCUT2D eigenvalue weighted by Gasteiger charge is 2.30. The van der Waals surface area contributed by atoms with E-state index in [0.717, 1.165) is 19.4 Å². The molecule has 1 N–H and O–H groups in total. The van der Waals surface area contributed by atoms with Crippen molar-refractivity contribution in [2.45, 2.75) is 17.4 Å². The topological polar surface area (TPSA) is 77.4 Å². The highest BCUT2D eigenvalue weighted by molar-refractivity contribution is 9.10. The molecule has 1 unspecified atom stereocenters. The molecule has 6 nitrogen and oxygen atoms in total. The molecule has 0 bridgehead atoms. The SMILES string of the molecule is C=CC(NS(=O)(=O)c1cn(C)c(C(=O)OC)c1Br)C(F)F. The summed E-state index contributed by atoms with van der Waals surface area (Å²) in [7, 11) is -1.71. The van der Waals surface area contributed by atoms with Gasteiger partial charge in [0.15, 0.2) is 0 Å². The maximum absolute atomic E-state index is 12.6. The van der Waals surface area contributed by atoms with Crippen LogP contribution in [-0.2, 0) is 21.8 Å². The van der Waals surface area contributed by atoms with Crippen LogP contribution in [0.15, 0.2) is 28.2 Å². The van der Waals surface area contributed by atoms with E-state index in [9.17, 15) is 22.0 Å². The second-order valence-corrected chi connectivity index (χ2v) is 6.45. The molecular formula is C11H13BrF2N2O4S. The molecule has 0 radical (unpaired) electrons. The molecule has 0 aliphatic heterocycles. The van der Waals surface area contributed by atoms with Gasteiger partial charge in [0.1, 0.15) is 16.6 Å². The molecule has 0 spiro atoms. The number of carbonyl (C=O) groups is 1.